The summed E-state index contributed by atoms with van der Waals surface area (Å²) in [5.41, 5.74) is -1.09. The summed E-state index contributed by atoms with van der Waals surface area (Å²) in [4.78, 5) is 25.6. The van der Waals surface area contributed by atoms with E-state index in [4.69, 9.17) is 4.74 Å². The van der Waals surface area contributed by atoms with Crippen LogP contribution >= 0.6 is 0 Å². The third kappa shape index (κ3) is 5.32. The van der Waals surface area contributed by atoms with Gasteiger partial charge in [0.1, 0.15) is 23.3 Å². The Hall–Kier alpha value is -3.56. The Morgan fingerprint density at radius 1 is 1.24 bits per heavy atom. The molecule has 0 bridgehead atoms. The van der Waals surface area contributed by atoms with E-state index in [9.17, 15) is 22.8 Å². The molecule has 7 nitrogen and oxygen atoms in total. The minimum Gasteiger partial charge on any atom is -0.453 e. The molecule has 1 aromatic heterocycles. The number of hydrogen-bond donors (Lipinski definition) is 2. The molecule has 2 amide bonds. The molecular weight excluding hydrogens is 449 g/mol. The van der Waals surface area contributed by atoms with Gasteiger partial charge in [0.2, 0.25) is 5.91 Å². The zero-order chi connectivity index (χ0) is 24.5. The molecule has 0 unspecified atom stereocenters. The van der Waals surface area contributed by atoms with Gasteiger partial charge in [-0.05, 0) is 57.4 Å². The molecule has 3 aromatic rings. The number of nitrogens with one attached hydrogen (secondary N) is 2. The molecular formula is C24H25F3N4O3. The summed E-state index contributed by atoms with van der Waals surface area (Å²) in [7, 11) is 0. The Balaban J connectivity index is 1.74. The van der Waals surface area contributed by atoms with Gasteiger partial charge in [-0.25, -0.2) is 13.2 Å². The molecule has 10 heteroatoms. The zero-order valence-corrected chi connectivity index (χ0v) is 18.8. The maximum absolute atomic E-state index is 14.3. The molecule has 1 aliphatic rings. The van der Waals surface area contributed by atoms with E-state index < -0.39 is 29.3 Å². The molecule has 4 rings (SSSR count). The highest BCUT2D eigenvalue weighted by molar-refractivity contribution is 6.03. The lowest BCUT2D eigenvalue weighted by Crippen LogP contribution is -2.45. The van der Waals surface area contributed by atoms with Crippen LogP contribution in [0.4, 0.5) is 13.2 Å². The fraction of sp³-hybridized carbons (Fsp3) is 0.375. The molecule has 1 saturated heterocycles. The second-order valence-corrected chi connectivity index (χ2v) is 8.92. The van der Waals surface area contributed by atoms with Crippen LogP contribution in [0.2, 0.25) is 0 Å². The number of carbonyl (C=O) groups excluding carboxylic acids is 2. The van der Waals surface area contributed by atoms with Crippen LogP contribution in [-0.4, -0.2) is 39.9 Å². The molecule has 0 saturated carbocycles. The van der Waals surface area contributed by atoms with Crippen LogP contribution in [0.3, 0.4) is 0 Å². The van der Waals surface area contributed by atoms with Gasteiger partial charge in [-0.2, -0.15) is 5.10 Å². The van der Waals surface area contributed by atoms with E-state index in [1.807, 2.05) is 0 Å². The number of halogens is 3. The summed E-state index contributed by atoms with van der Waals surface area (Å²) in [6.45, 7) is 3.30. The summed E-state index contributed by atoms with van der Waals surface area (Å²) < 4.78 is 49.0. The SMILES string of the molecule is CC(C)(F)Cn1ncc2cc(Oc3ccc(F)cc3F)c(C(=O)N[C@H]3CCCCNC3=O)cc21. The minimum absolute atomic E-state index is 0.00619. The number of hydrogen-bond acceptors (Lipinski definition) is 4. The second kappa shape index (κ2) is 9.36. The van der Waals surface area contributed by atoms with Crippen molar-refractivity contribution in [2.45, 2.75) is 51.4 Å². The highest BCUT2D eigenvalue weighted by Gasteiger charge is 2.26. The molecule has 180 valence electrons. The molecule has 2 N–H and O–H groups in total. The largest absolute Gasteiger partial charge is 0.453 e. The Kier molecular flexibility index (Phi) is 6.49. The van der Waals surface area contributed by atoms with Crippen LogP contribution in [0.5, 0.6) is 11.5 Å². The Morgan fingerprint density at radius 2 is 2.03 bits per heavy atom. The summed E-state index contributed by atoms with van der Waals surface area (Å²) in [6, 6.07) is 5.03. The molecule has 0 aliphatic carbocycles. The fourth-order valence-corrected chi connectivity index (χ4v) is 3.84. The second-order valence-electron chi connectivity index (χ2n) is 8.92. The first-order chi connectivity index (χ1) is 16.1. The quantitative estimate of drug-likeness (QED) is 0.559. The Morgan fingerprint density at radius 3 is 2.76 bits per heavy atom. The van der Waals surface area contributed by atoms with E-state index in [0.717, 1.165) is 25.0 Å². The zero-order valence-electron chi connectivity index (χ0n) is 18.8. The summed E-state index contributed by atoms with van der Waals surface area (Å²) in [6.07, 6.45) is 3.51. The van der Waals surface area contributed by atoms with Gasteiger partial charge in [0.05, 0.1) is 23.8 Å². The van der Waals surface area contributed by atoms with Crippen LogP contribution in [0.15, 0.2) is 36.5 Å². The number of benzene rings is 2. The van der Waals surface area contributed by atoms with Gasteiger partial charge in [-0.3, -0.25) is 14.3 Å². The van der Waals surface area contributed by atoms with Gasteiger partial charge < -0.3 is 15.4 Å². The maximum Gasteiger partial charge on any atom is 0.255 e. The van der Waals surface area contributed by atoms with Gasteiger partial charge in [-0.15, -0.1) is 0 Å². The standard InChI is InChI=1S/C24H25F3N4O3/c1-24(2,27)13-31-19-11-16(22(32)30-18-5-3-4-8-28-23(18)33)21(9-14(19)12-29-31)34-20-7-6-15(25)10-17(20)26/h6-7,9-12,18H,3-5,8,13H2,1-2H3,(H,28,33)(H,30,32)/t18-/m0/s1. The normalized spacial score (nSPS) is 16.7. The van der Waals surface area contributed by atoms with Crippen molar-refractivity contribution < 1.29 is 27.5 Å². The fourth-order valence-electron chi connectivity index (χ4n) is 3.84. The van der Waals surface area contributed by atoms with Crippen LogP contribution < -0.4 is 15.4 Å². The first-order valence-electron chi connectivity index (χ1n) is 11.0. The van der Waals surface area contributed by atoms with Crippen LogP contribution in [0, 0.1) is 11.6 Å². The van der Waals surface area contributed by atoms with E-state index in [1.165, 1.54) is 36.9 Å². The number of nitrogens with zero attached hydrogens (tertiary/aromatic N) is 2. The summed E-state index contributed by atoms with van der Waals surface area (Å²) in [5.74, 6) is -2.91. The molecule has 2 aromatic carbocycles. The Bertz CT molecular complexity index is 1240. The number of amides is 2. The van der Waals surface area contributed by atoms with Gasteiger partial charge in [0, 0.05) is 18.0 Å². The molecule has 2 heterocycles. The van der Waals surface area contributed by atoms with Gasteiger partial charge in [0.25, 0.3) is 5.91 Å². The molecule has 0 radical (unpaired) electrons. The monoisotopic (exact) mass is 474 g/mol. The highest BCUT2D eigenvalue weighted by Crippen LogP contribution is 2.32. The topological polar surface area (TPSA) is 85.2 Å². The number of ether oxygens (including phenoxy) is 1. The van der Waals surface area contributed by atoms with E-state index >= 15 is 0 Å². The number of rotatable bonds is 6. The van der Waals surface area contributed by atoms with Crippen molar-refractivity contribution in [3.63, 3.8) is 0 Å². The first-order valence-corrected chi connectivity index (χ1v) is 11.0. The number of aromatic nitrogens is 2. The molecule has 1 fully saturated rings. The predicted octanol–water partition coefficient (Wildman–Crippen LogP) is 4.25. The molecule has 0 spiro atoms. The summed E-state index contributed by atoms with van der Waals surface area (Å²) in [5, 5.41) is 10.2. The van der Waals surface area contributed by atoms with E-state index in [1.54, 1.807) is 0 Å². The van der Waals surface area contributed by atoms with Crippen LogP contribution in [-0.2, 0) is 11.3 Å². The smallest absolute Gasteiger partial charge is 0.255 e. The van der Waals surface area contributed by atoms with Crippen molar-refractivity contribution in [3.05, 3.63) is 53.7 Å². The van der Waals surface area contributed by atoms with Crippen molar-refractivity contribution in [1.82, 2.24) is 20.4 Å². The van der Waals surface area contributed by atoms with E-state index in [2.05, 4.69) is 15.7 Å². The van der Waals surface area contributed by atoms with Gasteiger partial charge >= 0.3 is 0 Å². The Labute approximate surface area is 194 Å². The molecule has 34 heavy (non-hydrogen) atoms. The lowest BCUT2D eigenvalue weighted by Gasteiger charge is -2.18. The average molecular weight is 474 g/mol. The maximum atomic E-state index is 14.3. The van der Waals surface area contributed by atoms with Gasteiger partial charge in [-0.1, -0.05) is 0 Å². The van der Waals surface area contributed by atoms with Crippen molar-refractivity contribution >= 4 is 22.7 Å². The lowest BCUT2D eigenvalue weighted by atomic mass is 10.1. The van der Waals surface area contributed by atoms with Gasteiger partial charge in [0.15, 0.2) is 11.6 Å². The summed E-state index contributed by atoms with van der Waals surface area (Å²) >= 11 is 0. The third-order valence-electron chi connectivity index (χ3n) is 5.47. The third-order valence-corrected chi connectivity index (χ3v) is 5.47. The van der Waals surface area contributed by atoms with E-state index in [-0.39, 0.29) is 29.5 Å². The highest BCUT2D eigenvalue weighted by atomic mass is 19.1. The van der Waals surface area contributed by atoms with Crippen LogP contribution in [0.1, 0.15) is 43.5 Å². The van der Waals surface area contributed by atoms with E-state index in [0.29, 0.717) is 29.9 Å². The number of carbonyl (C=O) groups is 2. The lowest BCUT2D eigenvalue weighted by molar-refractivity contribution is -0.122. The number of alkyl halides is 1. The van der Waals surface area contributed by atoms with Crippen LogP contribution in [0.25, 0.3) is 10.9 Å². The first kappa shape index (κ1) is 23.6. The van der Waals surface area contributed by atoms with Crippen molar-refractivity contribution in [2.75, 3.05) is 6.54 Å². The van der Waals surface area contributed by atoms with Crippen molar-refractivity contribution in [1.29, 1.82) is 0 Å². The number of fused-ring (bicyclic) bond motifs is 1. The predicted molar refractivity (Wildman–Crippen MR) is 119 cm³/mol. The average Bonchev–Trinajstić information content (AvgIpc) is 3.01. The van der Waals surface area contributed by atoms with Crippen molar-refractivity contribution in [2.24, 2.45) is 0 Å². The molecule has 1 aliphatic heterocycles. The molecule has 1 atom stereocenters. The minimum atomic E-state index is -1.56. The van der Waals surface area contributed by atoms with Crippen molar-refractivity contribution in [3.8, 4) is 11.5 Å².